The van der Waals surface area contributed by atoms with Crippen LogP contribution in [0.1, 0.15) is 43.9 Å². The lowest BCUT2D eigenvalue weighted by Gasteiger charge is -2.33. The van der Waals surface area contributed by atoms with E-state index in [0.717, 1.165) is 12.8 Å². The van der Waals surface area contributed by atoms with Crippen LogP contribution in [-0.2, 0) is 6.42 Å². The first kappa shape index (κ1) is 13.2. The first-order valence-corrected chi connectivity index (χ1v) is 6.23. The quantitative estimate of drug-likeness (QED) is 0.822. The normalized spacial score (nSPS) is 15.2. The molecule has 2 N–H and O–H groups in total. The molecule has 0 aliphatic carbocycles. The summed E-state index contributed by atoms with van der Waals surface area (Å²) in [5, 5.41) is 0. The summed E-state index contributed by atoms with van der Waals surface area (Å²) in [4.78, 5) is 0. The number of rotatable bonds is 4. The third-order valence-corrected chi connectivity index (χ3v) is 3.62. The van der Waals surface area contributed by atoms with Gasteiger partial charge in [0.1, 0.15) is 0 Å². The second-order valence-electron chi connectivity index (χ2n) is 5.41. The van der Waals surface area contributed by atoms with Gasteiger partial charge in [-0.05, 0) is 38.2 Å². The monoisotopic (exact) mass is 219 g/mol. The van der Waals surface area contributed by atoms with Gasteiger partial charge < -0.3 is 5.73 Å². The molecule has 1 aromatic rings. The van der Waals surface area contributed by atoms with Crippen molar-refractivity contribution >= 4 is 0 Å². The van der Waals surface area contributed by atoms with Gasteiger partial charge in [-0.15, -0.1) is 0 Å². The molecule has 1 rings (SSSR count). The summed E-state index contributed by atoms with van der Waals surface area (Å²) in [5.41, 5.74) is 10.4. The maximum Gasteiger partial charge on any atom is 0.0215 e. The Kier molecular flexibility index (Phi) is 4.15. The fourth-order valence-corrected chi connectivity index (χ4v) is 2.29. The molecule has 90 valence electrons. The first-order valence-electron chi connectivity index (χ1n) is 6.23. The molecule has 0 saturated heterocycles. The van der Waals surface area contributed by atoms with Gasteiger partial charge in [-0.2, -0.15) is 0 Å². The lowest BCUT2D eigenvalue weighted by molar-refractivity contribution is 0.296. The Morgan fingerprint density at radius 1 is 1.12 bits per heavy atom. The fraction of sp³-hybridized carbons (Fsp3) is 0.600. The van der Waals surface area contributed by atoms with E-state index in [2.05, 4.69) is 52.8 Å². The van der Waals surface area contributed by atoms with Crippen LogP contribution in [-0.4, -0.2) is 5.54 Å². The zero-order chi connectivity index (χ0) is 12.3. The van der Waals surface area contributed by atoms with E-state index in [1.807, 2.05) is 0 Å². The van der Waals surface area contributed by atoms with Crippen molar-refractivity contribution in [3.63, 3.8) is 0 Å². The Hall–Kier alpha value is -0.820. The number of benzene rings is 1. The maximum absolute atomic E-state index is 6.47. The molecule has 0 aromatic heterocycles. The molecule has 1 atom stereocenters. The van der Waals surface area contributed by atoms with Gasteiger partial charge in [0.2, 0.25) is 0 Å². The predicted octanol–water partition coefficient (Wildman–Crippen LogP) is 3.61. The SMILES string of the molecule is CCC(N)(Cc1cc(C)cc(C)c1)C(C)C. The number of aryl methyl sites for hydroxylation is 2. The zero-order valence-electron chi connectivity index (χ0n) is 11.3. The van der Waals surface area contributed by atoms with Crippen LogP contribution in [0, 0.1) is 19.8 Å². The molecule has 0 saturated carbocycles. The van der Waals surface area contributed by atoms with E-state index in [-0.39, 0.29) is 5.54 Å². The van der Waals surface area contributed by atoms with Crippen molar-refractivity contribution in [3.05, 3.63) is 34.9 Å². The van der Waals surface area contributed by atoms with Gasteiger partial charge in [-0.1, -0.05) is 50.1 Å². The van der Waals surface area contributed by atoms with Crippen molar-refractivity contribution < 1.29 is 0 Å². The molecule has 1 nitrogen and oxygen atoms in total. The standard InChI is InChI=1S/C15H25N/c1-6-15(16,11(2)3)10-14-8-12(4)7-13(5)9-14/h7-9,11H,6,10,16H2,1-5H3. The third kappa shape index (κ3) is 3.08. The molecule has 1 aromatic carbocycles. The molecule has 0 heterocycles. The number of nitrogens with two attached hydrogens (primary N) is 1. The average molecular weight is 219 g/mol. The Bertz CT molecular complexity index is 334. The topological polar surface area (TPSA) is 26.0 Å². The van der Waals surface area contributed by atoms with Gasteiger partial charge in [0, 0.05) is 5.54 Å². The largest absolute Gasteiger partial charge is 0.325 e. The Morgan fingerprint density at radius 2 is 1.62 bits per heavy atom. The minimum Gasteiger partial charge on any atom is -0.325 e. The predicted molar refractivity (Wildman–Crippen MR) is 71.7 cm³/mol. The minimum absolute atomic E-state index is 0.0692. The summed E-state index contributed by atoms with van der Waals surface area (Å²) < 4.78 is 0. The lowest BCUT2D eigenvalue weighted by Crippen LogP contribution is -2.46. The van der Waals surface area contributed by atoms with Crippen LogP contribution in [0.2, 0.25) is 0 Å². The molecule has 1 unspecified atom stereocenters. The summed E-state index contributed by atoms with van der Waals surface area (Å²) in [7, 11) is 0. The van der Waals surface area contributed by atoms with E-state index in [9.17, 15) is 0 Å². The molecule has 0 spiro atoms. The summed E-state index contributed by atoms with van der Waals surface area (Å²) in [6, 6.07) is 6.72. The summed E-state index contributed by atoms with van der Waals surface area (Å²) in [6.45, 7) is 10.9. The van der Waals surface area contributed by atoms with E-state index in [0.29, 0.717) is 5.92 Å². The van der Waals surface area contributed by atoms with Crippen LogP contribution in [0.4, 0.5) is 0 Å². The summed E-state index contributed by atoms with van der Waals surface area (Å²) >= 11 is 0. The van der Waals surface area contributed by atoms with Crippen LogP contribution >= 0.6 is 0 Å². The van der Waals surface area contributed by atoms with E-state index < -0.39 is 0 Å². The van der Waals surface area contributed by atoms with E-state index in [4.69, 9.17) is 5.73 Å². The Balaban J connectivity index is 2.94. The Labute approximate surface area is 100 Å². The second kappa shape index (κ2) is 5.01. The molecular weight excluding hydrogens is 194 g/mol. The highest BCUT2D eigenvalue weighted by Crippen LogP contribution is 2.24. The van der Waals surface area contributed by atoms with Gasteiger partial charge in [0.25, 0.3) is 0 Å². The van der Waals surface area contributed by atoms with E-state index in [1.54, 1.807) is 0 Å². The highest BCUT2D eigenvalue weighted by Gasteiger charge is 2.27. The number of hydrogen-bond donors (Lipinski definition) is 1. The molecule has 16 heavy (non-hydrogen) atoms. The van der Waals surface area contributed by atoms with E-state index in [1.165, 1.54) is 16.7 Å². The number of hydrogen-bond acceptors (Lipinski definition) is 1. The fourth-order valence-electron chi connectivity index (χ4n) is 2.29. The van der Waals surface area contributed by atoms with Crippen LogP contribution in [0.25, 0.3) is 0 Å². The third-order valence-electron chi connectivity index (χ3n) is 3.62. The molecule has 0 fully saturated rings. The van der Waals surface area contributed by atoms with Gasteiger partial charge in [-0.3, -0.25) is 0 Å². The van der Waals surface area contributed by atoms with Crippen molar-refractivity contribution in [3.8, 4) is 0 Å². The molecular formula is C15H25N. The molecule has 0 aliphatic rings. The van der Waals surface area contributed by atoms with Gasteiger partial charge in [0.15, 0.2) is 0 Å². The van der Waals surface area contributed by atoms with Gasteiger partial charge in [0.05, 0.1) is 0 Å². The van der Waals surface area contributed by atoms with Crippen molar-refractivity contribution in [1.82, 2.24) is 0 Å². The summed E-state index contributed by atoms with van der Waals surface area (Å²) in [6.07, 6.45) is 2.00. The highest BCUT2D eigenvalue weighted by atomic mass is 14.7. The molecule has 0 amide bonds. The van der Waals surface area contributed by atoms with E-state index >= 15 is 0 Å². The smallest absolute Gasteiger partial charge is 0.0215 e. The van der Waals surface area contributed by atoms with Crippen molar-refractivity contribution in [2.24, 2.45) is 11.7 Å². The molecule has 0 bridgehead atoms. The minimum atomic E-state index is -0.0692. The zero-order valence-corrected chi connectivity index (χ0v) is 11.3. The van der Waals surface area contributed by atoms with Crippen LogP contribution in [0.3, 0.4) is 0 Å². The molecule has 0 aliphatic heterocycles. The van der Waals surface area contributed by atoms with Crippen LogP contribution in [0.5, 0.6) is 0 Å². The second-order valence-corrected chi connectivity index (χ2v) is 5.41. The highest BCUT2D eigenvalue weighted by molar-refractivity contribution is 5.29. The maximum atomic E-state index is 6.47. The van der Waals surface area contributed by atoms with Crippen molar-refractivity contribution in [2.45, 2.75) is 53.0 Å². The lowest BCUT2D eigenvalue weighted by atomic mass is 9.79. The Morgan fingerprint density at radius 3 is 2.00 bits per heavy atom. The first-order chi connectivity index (χ1) is 7.37. The molecule has 0 radical (unpaired) electrons. The van der Waals surface area contributed by atoms with Gasteiger partial charge >= 0.3 is 0 Å². The average Bonchev–Trinajstić information content (AvgIpc) is 2.15. The van der Waals surface area contributed by atoms with Crippen LogP contribution < -0.4 is 5.73 Å². The summed E-state index contributed by atoms with van der Waals surface area (Å²) in [5.74, 6) is 0.512. The van der Waals surface area contributed by atoms with Gasteiger partial charge in [-0.25, -0.2) is 0 Å². The van der Waals surface area contributed by atoms with Crippen molar-refractivity contribution in [2.75, 3.05) is 0 Å². The van der Waals surface area contributed by atoms with Crippen LogP contribution in [0.15, 0.2) is 18.2 Å². The molecule has 1 heteroatoms. The van der Waals surface area contributed by atoms with Crippen molar-refractivity contribution in [1.29, 1.82) is 0 Å².